The molecule has 1 fully saturated rings. The highest BCUT2D eigenvalue weighted by Crippen LogP contribution is 2.25. The smallest absolute Gasteiger partial charge is 0.0595 e. The van der Waals surface area contributed by atoms with E-state index in [0.717, 1.165) is 25.1 Å². The Bertz CT molecular complexity index is 397. The highest BCUT2D eigenvalue weighted by Gasteiger charge is 2.20. The minimum absolute atomic E-state index is 0.237. The first-order chi connectivity index (χ1) is 8.70. The number of likely N-dealkylation sites (tertiary alicyclic amines) is 1. The van der Waals surface area contributed by atoms with E-state index in [2.05, 4.69) is 4.90 Å². The van der Waals surface area contributed by atoms with E-state index in [-0.39, 0.29) is 12.6 Å². The lowest BCUT2D eigenvalue weighted by atomic mass is 10.1. The molecule has 100 valence electrons. The molecule has 4 heteroatoms. The molecule has 0 radical (unpaired) electrons. The van der Waals surface area contributed by atoms with Gasteiger partial charge in [-0.1, -0.05) is 42.1 Å². The predicted octanol–water partition coefficient (Wildman–Crippen LogP) is 3.73. The zero-order valence-electron chi connectivity index (χ0n) is 10.4. The van der Waals surface area contributed by atoms with Crippen LogP contribution >= 0.6 is 23.2 Å². The van der Waals surface area contributed by atoms with E-state index in [4.69, 9.17) is 23.2 Å². The summed E-state index contributed by atoms with van der Waals surface area (Å²) in [5.74, 6) is 0. The van der Waals surface area contributed by atoms with Crippen LogP contribution in [0.5, 0.6) is 0 Å². The van der Waals surface area contributed by atoms with Gasteiger partial charge in [-0.15, -0.1) is 0 Å². The van der Waals surface area contributed by atoms with Crippen molar-refractivity contribution in [3.63, 3.8) is 0 Å². The molecule has 1 aromatic rings. The van der Waals surface area contributed by atoms with Crippen LogP contribution in [0.15, 0.2) is 18.2 Å². The molecule has 0 saturated carbocycles. The fourth-order valence-corrected chi connectivity index (χ4v) is 2.84. The fraction of sp³-hybridized carbons (Fsp3) is 0.571. The molecule has 1 aliphatic heterocycles. The van der Waals surface area contributed by atoms with Gasteiger partial charge in [-0.05, 0) is 37.1 Å². The first kappa shape index (κ1) is 14.1. The maximum Gasteiger partial charge on any atom is 0.0595 e. The first-order valence-corrected chi connectivity index (χ1v) is 7.25. The van der Waals surface area contributed by atoms with Crippen molar-refractivity contribution in [2.45, 2.75) is 38.3 Å². The van der Waals surface area contributed by atoms with Gasteiger partial charge in [-0.2, -0.15) is 0 Å². The van der Waals surface area contributed by atoms with Gasteiger partial charge >= 0.3 is 0 Å². The first-order valence-electron chi connectivity index (χ1n) is 6.49. The SMILES string of the molecule is OCC1CCCCCN1Cc1ccc(Cl)c(Cl)c1. The quantitative estimate of drug-likeness (QED) is 0.916. The molecule has 1 aliphatic rings. The van der Waals surface area contributed by atoms with Crippen LogP contribution in [0.25, 0.3) is 0 Å². The van der Waals surface area contributed by atoms with E-state index < -0.39 is 0 Å². The minimum Gasteiger partial charge on any atom is -0.395 e. The van der Waals surface area contributed by atoms with Gasteiger partial charge in [0, 0.05) is 12.6 Å². The molecular formula is C14H19Cl2NO. The summed E-state index contributed by atoms with van der Waals surface area (Å²) in [6.45, 7) is 2.12. The van der Waals surface area contributed by atoms with Crippen molar-refractivity contribution in [2.75, 3.05) is 13.2 Å². The average molecular weight is 288 g/mol. The van der Waals surface area contributed by atoms with Crippen LogP contribution in [-0.4, -0.2) is 29.2 Å². The Morgan fingerprint density at radius 1 is 1.17 bits per heavy atom. The summed E-state index contributed by atoms with van der Waals surface area (Å²) >= 11 is 12.0. The molecule has 1 N–H and O–H groups in total. The number of benzene rings is 1. The van der Waals surface area contributed by atoms with Gasteiger partial charge in [0.05, 0.1) is 16.7 Å². The third-order valence-corrected chi connectivity index (χ3v) is 4.32. The molecule has 0 amide bonds. The van der Waals surface area contributed by atoms with E-state index in [9.17, 15) is 5.11 Å². The van der Waals surface area contributed by atoms with Gasteiger partial charge in [-0.25, -0.2) is 0 Å². The summed E-state index contributed by atoms with van der Waals surface area (Å²) in [6, 6.07) is 6.05. The van der Waals surface area contributed by atoms with Crippen molar-refractivity contribution >= 4 is 23.2 Å². The molecule has 1 unspecified atom stereocenters. The summed E-state index contributed by atoms with van der Waals surface area (Å²) in [6.07, 6.45) is 4.76. The summed E-state index contributed by atoms with van der Waals surface area (Å²) in [7, 11) is 0. The third-order valence-electron chi connectivity index (χ3n) is 3.58. The van der Waals surface area contributed by atoms with Gasteiger partial charge in [0.15, 0.2) is 0 Å². The maximum absolute atomic E-state index is 9.47. The summed E-state index contributed by atoms with van der Waals surface area (Å²) in [5, 5.41) is 10.7. The Labute approximate surface area is 119 Å². The third kappa shape index (κ3) is 3.61. The van der Waals surface area contributed by atoms with Gasteiger partial charge in [0.2, 0.25) is 0 Å². The van der Waals surface area contributed by atoms with Gasteiger partial charge in [0.1, 0.15) is 0 Å². The highest BCUT2D eigenvalue weighted by atomic mass is 35.5. The Morgan fingerprint density at radius 2 is 2.00 bits per heavy atom. The second-order valence-electron chi connectivity index (χ2n) is 4.90. The number of aliphatic hydroxyl groups is 1. The van der Waals surface area contributed by atoms with Crippen molar-refractivity contribution in [3.8, 4) is 0 Å². The van der Waals surface area contributed by atoms with Crippen LogP contribution < -0.4 is 0 Å². The predicted molar refractivity (Wildman–Crippen MR) is 76.2 cm³/mol. The van der Waals surface area contributed by atoms with Crippen molar-refractivity contribution in [3.05, 3.63) is 33.8 Å². The number of rotatable bonds is 3. The second kappa shape index (κ2) is 6.76. The molecule has 0 bridgehead atoms. The van der Waals surface area contributed by atoms with Crippen molar-refractivity contribution in [2.24, 2.45) is 0 Å². The lowest BCUT2D eigenvalue weighted by Gasteiger charge is -2.28. The number of aliphatic hydroxyl groups excluding tert-OH is 1. The highest BCUT2D eigenvalue weighted by molar-refractivity contribution is 6.42. The van der Waals surface area contributed by atoms with Crippen LogP contribution in [0.4, 0.5) is 0 Å². The molecule has 2 nitrogen and oxygen atoms in total. The zero-order valence-corrected chi connectivity index (χ0v) is 11.9. The molecule has 0 aromatic heterocycles. The van der Waals surface area contributed by atoms with Crippen LogP contribution in [0.2, 0.25) is 10.0 Å². The van der Waals surface area contributed by atoms with E-state index >= 15 is 0 Å². The van der Waals surface area contributed by atoms with Gasteiger partial charge in [0.25, 0.3) is 0 Å². The van der Waals surface area contributed by atoms with E-state index in [1.54, 1.807) is 0 Å². The lowest BCUT2D eigenvalue weighted by Crippen LogP contribution is -2.36. The topological polar surface area (TPSA) is 23.5 Å². The van der Waals surface area contributed by atoms with E-state index in [1.165, 1.54) is 19.3 Å². The lowest BCUT2D eigenvalue weighted by molar-refractivity contribution is 0.118. The van der Waals surface area contributed by atoms with Crippen LogP contribution in [0, 0.1) is 0 Å². The van der Waals surface area contributed by atoms with Crippen LogP contribution in [0.1, 0.15) is 31.2 Å². The Kier molecular flexibility index (Phi) is 5.31. The Balaban J connectivity index is 2.07. The average Bonchev–Trinajstić information content (AvgIpc) is 2.59. The largest absolute Gasteiger partial charge is 0.395 e. The minimum atomic E-state index is 0.237. The maximum atomic E-state index is 9.47. The number of nitrogens with zero attached hydrogens (tertiary/aromatic N) is 1. The van der Waals surface area contributed by atoms with Crippen molar-refractivity contribution < 1.29 is 5.11 Å². The molecule has 2 rings (SSSR count). The number of hydrogen-bond donors (Lipinski definition) is 1. The Morgan fingerprint density at radius 3 is 2.72 bits per heavy atom. The van der Waals surface area contributed by atoms with E-state index in [0.29, 0.717) is 10.0 Å². The molecule has 0 aliphatic carbocycles. The van der Waals surface area contributed by atoms with Crippen LogP contribution in [0.3, 0.4) is 0 Å². The molecule has 1 heterocycles. The molecule has 1 atom stereocenters. The summed E-state index contributed by atoms with van der Waals surface area (Å²) in [5.41, 5.74) is 1.16. The van der Waals surface area contributed by atoms with Crippen molar-refractivity contribution in [1.82, 2.24) is 4.90 Å². The summed E-state index contributed by atoms with van der Waals surface area (Å²) in [4.78, 5) is 2.35. The molecule has 0 spiro atoms. The zero-order chi connectivity index (χ0) is 13.0. The molecular weight excluding hydrogens is 269 g/mol. The molecule has 18 heavy (non-hydrogen) atoms. The monoisotopic (exact) mass is 287 g/mol. The standard InChI is InChI=1S/C14H19Cl2NO/c15-13-6-5-11(8-14(13)16)9-17-7-3-1-2-4-12(17)10-18/h5-6,8,12,18H,1-4,7,9-10H2. The molecule has 1 saturated heterocycles. The summed E-state index contributed by atoms with van der Waals surface area (Å²) < 4.78 is 0. The fourth-order valence-electron chi connectivity index (χ4n) is 2.52. The van der Waals surface area contributed by atoms with Gasteiger partial charge in [-0.3, -0.25) is 4.90 Å². The number of hydrogen-bond acceptors (Lipinski definition) is 2. The Hall–Kier alpha value is -0.280. The van der Waals surface area contributed by atoms with Crippen LogP contribution in [-0.2, 0) is 6.54 Å². The van der Waals surface area contributed by atoms with Crippen molar-refractivity contribution in [1.29, 1.82) is 0 Å². The normalized spacial score (nSPS) is 21.8. The second-order valence-corrected chi connectivity index (χ2v) is 5.72. The molecule has 1 aromatic carbocycles. The van der Waals surface area contributed by atoms with Gasteiger partial charge < -0.3 is 5.11 Å². The van der Waals surface area contributed by atoms with E-state index in [1.807, 2.05) is 18.2 Å². The number of halogens is 2.